The molecule has 2 aliphatic rings. The Morgan fingerprint density at radius 1 is 1.43 bits per heavy atom. The van der Waals surface area contributed by atoms with E-state index in [4.69, 9.17) is 10.7 Å². The molecule has 2 saturated carbocycles. The molecule has 2 fully saturated rings. The molecule has 1 N–H and O–H groups in total. The van der Waals surface area contributed by atoms with Gasteiger partial charge in [0.25, 0.3) is 9.05 Å². The van der Waals surface area contributed by atoms with Crippen molar-refractivity contribution in [1.82, 2.24) is 4.98 Å². The van der Waals surface area contributed by atoms with Crippen LogP contribution in [-0.2, 0) is 13.8 Å². The molecule has 8 heteroatoms. The van der Waals surface area contributed by atoms with Crippen LogP contribution < -0.4 is 5.32 Å². The number of nitrogens with one attached hydrogen (secondary N) is 1. The largest absolute Gasteiger partial charge is 0.302 e. The van der Waals surface area contributed by atoms with Gasteiger partial charge in [-0.25, -0.2) is 13.4 Å². The zero-order valence-electron chi connectivity index (χ0n) is 11.6. The number of fused-ring (bicyclic) bond motifs is 2. The normalized spacial score (nSPS) is 28.0. The Labute approximate surface area is 132 Å². The Hall–Kier alpha value is -0.660. The Bertz CT molecular complexity index is 671. The molecular formula is C13H17ClN2O3S2. The number of nitrogens with zero attached hydrogens (tertiary/aromatic N) is 1. The number of thiazole rings is 1. The Balaban J connectivity index is 1.63. The van der Waals surface area contributed by atoms with Gasteiger partial charge in [-0.15, -0.1) is 0 Å². The summed E-state index contributed by atoms with van der Waals surface area (Å²) in [6, 6.07) is 0. The molecule has 0 saturated heterocycles. The van der Waals surface area contributed by atoms with Crippen LogP contribution in [-0.4, -0.2) is 19.3 Å². The van der Waals surface area contributed by atoms with Crippen LogP contribution in [0.25, 0.3) is 0 Å². The quantitative estimate of drug-likeness (QED) is 0.848. The first-order valence-corrected chi connectivity index (χ1v) is 10.2. The van der Waals surface area contributed by atoms with Crippen LogP contribution in [0.2, 0.25) is 0 Å². The number of hydrogen-bond donors (Lipinski definition) is 1. The molecule has 3 atom stereocenters. The van der Waals surface area contributed by atoms with Crippen LogP contribution >= 0.6 is 22.0 Å². The highest BCUT2D eigenvalue weighted by atomic mass is 35.7. The maximum atomic E-state index is 12.1. The summed E-state index contributed by atoms with van der Waals surface area (Å²) >= 11 is 0.905. The second kappa shape index (κ2) is 5.52. The number of anilines is 1. The number of amides is 1. The van der Waals surface area contributed by atoms with E-state index in [1.54, 1.807) is 6.92 Å². The van der Waals surface area contributed by atoms with Gasteiger partial charge in [0.15, 0.2) is 9.34 Å². The highest BCUT2D eigenvalue weighted by Crippen LogP contribution is 2.49. The minimum Gasteiger partial charge on any atom is -0.302 e. The summed E-state index contributed by atoms with van der Waals surface area (Å²) in [6.45, 7) is 1.57. The Morgan fingerprint density at radius 3 is 2.71 bits per heavy atom. The van der Waals surface area contributed by atoms with Crippen LogP contribution in [0, 0.1) is 24.7 Å². The number of aryl methyl sites for hydroxylation is 1. The standard InChI is InChI=1S/C13H17ClN2O3S2/c1-7-12(21(14,18)19)20-13(15-7)16-11(17)6-10-5-8-2-3-9(10)4-8/h8-10H,2-6H2,1H3,(H,15,16,17). The molecule has 1 aromatic heterocycles. The molecule has 2 aliphatic carbocycles. The van der Waals surface area contributed by atoms with Gasteiger partial charge in [0.1, 0.15) is 0 Å². The fourth-order valence-electron chi connectivity index (χ4n) is 3.70. The average Bonchev–Trinajstić information content (AvgIpc) is 3.03. The summed E-state index contributed by atoms with van der Waals surface area (Å²) < 4.78 is 22.7. The smallest absolute Gasteiger partial charge is 0.272 e. The lowest BCUT2D eigenvalue weighted by molar-refractivity contribution is -0.117. The van der Waals surface area contributed by atoms with Crippen molar-refractivity contribution in [3.63, 3.8) is 0 Å². The lowest BCUT2D eigenvalue weighted by atomic mass is 9.86. The third-order valence-corrected chi connectivity index (χ3v) is 7.81. The molecule has 1 heterocycles. The topological polar surface area (TPSA) is 76.1 Å². The second-order valence-corrected chi connectivity index (χ2v) is 9.78. The molecule has 0 radical (unpaired) electrons. The molecule has 1 amide bonds. The second-order valence-electron chi connectivity index (χ2n) is 6.02. The van der Waals surface area contributed by atoms with E-state index >= 15 is 0 Å². The van der Waals surface area contributed by atoms with Crippen molar-refractivity contribution in [3.8, 4) is 0 Å². The minimum atomic E-state index is -3.80. The van der Waals surface area contributed by atoms with E-state index in [2.05, 4.69) is 10.3 Å². The average molecular weight is 349 g/mol. The van der Waals surface area contributed by atoms with Crippen LogP contribution in [0.15, 0.2) is 4.21 Å². The van der Waals surface area contributed by atoms with Crippen molar-refractivity contribution in [2.24, 2.45) is 17.8 Å². The predicted octanol–water partition coefficient (Wildman–Crippen LogP) is 3.14. The summed E-state index contributed by atoms with van der Waals surface area (Å²) in [5, 5.41) is 3.01. The van der Waals surface area contributed by atoms with Crippen molar-refractivity contribution in [1.29, 1.82) is 0 Å². The van der Waals surface area contributed by atoms with Crippen molar-refractivity contribution in [2.75, 3.05) is 5.32 Å². The zero-order chi connectivity index (χ0) is 15.2. The molecule has 3 unspecified atom stereocenters. The highest BCUT2D eigenvalue weighted by molar-refractivity contribution is 8.15. The molecule has 116 valence electrons. The number of carbonyl (C=O) groups is 1. The van der Waals surface area contributed by atoms with Gasteiger partial charge in [0, 0.05) is 17.1 Å². The van der Waals surface area contributed by atoms with Gasteiger partial charge in [0.05, 0.1) is 5.69 Å². The van der Waals surface area contributed by atoms with E-state index in [1.165, 1.54) is 19.3 Å². The maximum Gasteiger partial charge on any atom is 0.272 e. The Kier molecular flexibility index (Phi) is 4.00. The lowest BCUT2D eigenvalue weighted by Gasteiger charge is -2.20. The summed E-state index contributed by atoms with van der Waals surface area (Å²) in [5.41, 5.74) is 0.324. The minimum absolute atomic E-state index is 0.000565. The SMILES string of the molecule is Cc1nc(NC(=O)CC2CC3CCC2C3)sc1S(=O)(=O)Cl. The van der Waals surface area contributed by atoms with Crippen LogP contribution in [0.3, 0.4) is 0 Å². The first kappa shape index (κ1) is 15.2. The number of carbonyl (C=O) groups excluding carboxylic acids is 1. The number of hydrogen-bond acceptors (Lipinski definition) is 5. The first-order valence-electron chi connectivity index (χ1n) is 7.05. The van der Waals surface area contributed by atoms with E-state index in [9.17, 15) is 13.2 Å². The Morgan fingerprint density at radius 2 is 2.19 bits per heavy atom. The van der Waals surface area contributed by atoms with Gasteiger partial charge in [-0.05, 0) is 43.9 Å². The molecular weight excluding hydrogens is 332 g/mol. The molecule has 0 aliphatic heterocycles. The number of aromatic nitrogens is 1. The van der Waals surface area contributed by atoms with Crippen LogP contribution in [0.4, 0.5) is 5.13 Å². The van der Waals surface area contributed by atoms with E-state index in [0.717, 1.165) is 23.7 Å². The molecule has 2 bridgehead atoms. The highest BCUT2D eigenvalue weighted by Gasteiger charge is 2.40. The lowest BCUT2D eigenvalue weighted by Crippen LogP contribution is -2.20. The van der Waals surface area contributed by atoms with Gasteiger partial charge in [0.2, 0.25) is 5.91 Å². The molecule has 21 heavy (non-hydrogen) atoms. The van der Waals surface area contributed by atoms with Gasteiger partial charge >= 0.3 is 0 Å². The molecule has 1 aromatic rings. The molecule has 0 aromatic carbocycles. The maximum absolute atomic E-state index is 12.1. The van der Waals surface area contributed by atoms with Gasteiger partial charge < -0.3 is 5.32 Å². The van der Waals surface area contributed by atoms with E-state index in [1.807, 2.05) is 0 Å². The van der Waals surface area contributed by atoms with Crippen molar-refractivity contribution in [2.45, 2.75) is 43.2 Å². The molecule has 5 nitrogen and oxygen atoms in total. The fourth-order valence-corrected chi connectivity index (χ4v) is 6.07. The van der Waals surface area contributed by atoms with E-state index in [-0.39, 0.29) is 10.1 Å². The zero-order valence-corrected chi connectivity index (χ0v) is 14.0. The van der Waals surface area contributed by atoms with Crippen molar-refractivity contribution < 1.29 is 13.2 Å². The van der Waals surface area contributed by atoms with Crippen molar-refractivity contribution in [3.05, 3.63) is 5.69 Å². The number of rotatable bonds is 4. The van der Waals surface area contributed by atoms with Gasteiger partial charge in [-0.1, -0.05) is 17.8 Å². The summed E-state index contributed by atoms with van der Waals surface area (Å²) in [7, 11) is 1.52. The van der Waals surface area contributed by atoms with Gasteiger partial charge in [-0.2, -0.15) is 0 Å². The third-order valence-electron chi connectivity index (χ3n) is 4.55. The molecule has 3 rings (SSSR count). The summed E-state index contributed by atoms with van der Waals surface area (Å²) in [5.74, 6) is 1.89. The summed E-state index contributed by atoms with van der Waals surface area (Å²) in [6.07, 6.45) is 5.47. The number of halogens is 1. The molecule has 0 spiro atoms. The summed E-state index contributed by atoms with van der Waals surface area (Å²) in [4.78, 5) is 16.2. The fraction of sp³-hybridized carbons (Fsp3) is 0.692. The van der Waals surface area contributed by atoms with Gasteiger partial charge in [-0.3, -0.25) is 4.79 Å². The van der Waals surface area contributed by atoms with E-state index in [0.29, 0.717) is 29.1 Å². The predicted molar refractivity (Wildman–Crippen MR) is 82.1 cm³/mol. The van der Waals surface area contributed by atoms with E-state index < -0.39 is 9.05 Å². The van der Waals surface area contributed by atoms with Crippen molar-refractivity contribution >= 4 is 42.1 Å². The van der Waals surface area contributed by atoms with Crippen LogP contribution in [0.5, 0.6) is 0 Å². The van der Waals surface area contributed by atoms with Crippen LogP contribution in [0.1, 0.15) is 37.8 Å². The first-order chi connectivity index (χ1) is 9.83. The monoisotopic (exact) mass is 348 g/mol. The third kappa shape index (κ3) is 3.24.